The summed E-state index contributed by atoms with van der Waals surface area (Å²) in [5.41, 5.74) is 0. The maximum atomic E-state index is 9.77. The van der Waals surface area contributed by atoms with E-state index >= 15 is 0 Å². The van der Waals surface area contributed by atoms with Crippen LogP contribution >= 0.6 is 24.1 Å². The Morgan fingerprint density at radius 1 is 1.42 bits per heavy atom. The summed E-state index contributed by atoms with van der Waals surface area (Å²) < 4.78 is 27.4. The van der Waals surface area contributed by atoms with Gasteiger partial charge in [0.2, 0.25) is 0 Å². The molecule has 74 valence electrons. The van der Waals surface area contributed by atoms with E-state index in [1.807, 2.05) is 0 Å². The van der Waals surface area contributed by atoms with Crippen LogP contribution in [0.25, 0.3) is 0 Å². The van der Waals surface area contributed by atoms with Crippen molar-refractivity contribution in [2.24, 2.45) is 0 Å². The van der Waals surface area contributed by atoms with Crippen LogP contribution in [0.1, 0.15) is 0 Å². The Morgan fingerprint density at radius 3 is 1.42 bits per heavy atom. The monoisotopic (exact) mass is 238 g/mol. The molecule has 0 heterocycles. The van der Waals surface area contributed by atoms with Crippen LogP contribution in [-0.4, -0.2) is 34.7 Å². The molecule has 0 aromatic rings. The molecule has 9 heteroatoms. The first-order chi connectivity index (χ1) is 5.15. The molecule has 0 saturated carbocycles. The Kier molecular flexibility index (Phi) is 17.1. The van der Waals surface area contributed by atoms with Gasteiger partial charge in [-0.2, -0.15) is 9.79 Å². The van der Waals surface area contributed by atoms with Gasteiger partial charge in [-0.15, -0.1) is 0 Å². The van der Waals surface area contributed by atoms with E-state index in [-0.39, 0.29) is 0 Å². The molecule has 0 rings (SSSR count). The smallest absolute Gasteiger partial charge is 0.345 e. The van der Waals surface area contributed by atoms with Crippen molar-refractivity contribution in [3.05, 3.63) is 0 Å². The number of hydrogen-bond acceptors (Lipinski definition) is 3. The molecule has 0 aromatic carbocycles. The van der Waals surface area contributed by atoms with Crippen LogP contribution < -0.4 is 0 Å². The van der Waals surface area contributed by atoms with Crippen molar-refractivity contribution in [2.45, 2.75) is 0 Å². The summed E-state index contributed by atoms with van der Waals surface area (Å²) in [5.74, 6) is 0. The van der Waals surface area contributed by atoms with Crippen molar-refractivity contribution < 1.29 is 28.4 Å². The fraction of sp³-hybridized carbons (Fsp3) is 1.00. The molecule has 0 aliphatic rings. The number of hydrogen-bond donors (Lipinski definition) is 3. The predicted octanol–water partition coefficient (Wildman–Crippen LogP) is 0.785. The molecule has 0 radical (unpaired) electrons. The molecule has 0 fully saturated rings. The molecule has 2 atom stereocenters. The predicted molar refractivity (Wildman–Crippen MR) is 48.6 cm³/mol. The Morgan fingerprint density at radius 2 is 1.42 bits per heavy atom. The second-order valence-corrected chi connectivity index (χ2v) is 5.55. The Bertz CT molecular complexity index is 149. The molecule has 0 aliphatic heterocycles. The summed E-state index contributed by atoms with van der Waals surface area (Å²) in [7, 11) is -5.68. The van der Waals surface area contributed by atoms with Gasteiger partial charge >= 0.3 is 16.7 Å². The molecule has 0 amide bonds. The minimum Gasteiger partial charge on any atom is -0.345 e. The van der Waals surface area contributed by atoms with Gasteiger partial charge in [0.25, 0.3) is 0 Å². The fourth-order valence-electron chi connectivity index (χ4n) is 0. The van der Waals surface area contributed by atoms with Gasteiger partial charge < -0.3 is 4.89 Å². The van der Waals surface area contributed by atoms with Gasteiger partial charge in [0.15, 0.2) is 14.0 Å². The topological polar surface area (TPSA) is 112 Å². The minimum absolute atomic E-state index is 1.17. The lowest BCUT2D eigenvalue weighted by molar-refractivity contribution is 0.491. The first kappa shape index (κ1) is 18.2. The van der Waals surface area contributed by atoms with Gasteiger partial charge in [-0.05, 0) is 9.13 Å². The highest BCUT2D eigenvalue weighted by Gasteiger charge is 1.92. The van der Waals surface area contributed by atoms with Crippen LogP contribution in [0.15, 0.2) is 0 Å². The van der Waals surface area contributed by atoms with Gasteiger partial charge in [0, 0.05) is 13.3 Å². The van der Waals surface area contributed by atoms with Gasteiger partial charge in [0.1, 0.15) is 0 Å². The van der Waals surface area contributed by atoms with Gasteiger partial charge in [-0.25, -0.2) is 0 Å². The summed E-state index contributed by atoms with van der Waals surface area (Å²) in [6, 6.07) is 0. The van der Waals surface area contributed by atoms with Crippen LogP contribution in [0.5, 0.6) is 0 Å². The summed E-state index contributed by atoms with van der Waals surface area (Å²) in [6.45, 7) is 3.83. The number of rotatable bonds is 0. The zero-order chi connectivity index (χ0) is 10.8. The molecular weight excluding hydrogens is 225 g/mol. The Balaban J connectivity index is -0.000000105. The zero-order valence-electron chi connectivity index (χ0n) is 6.96. The van der Waals surface area contributed by atoms with Crippen LogP contribution in [-0.2, 0) is 13.7 Å². The maximum Gasteiger partial charge on any atom is 0.502 e. The molecule has 0 aromatic heterocycles. The van der Waals surface area contributed by atoms with Crippen molar-refractivity contribution in [1.29, 1.82) is 0 Å². The van der Waals surface area contributed by atoms with Crippen molar-refractivity contribution in [3.63, 3.8) is 0 Å². The van der Waals surface area contributed by atoms with E-state index in [2.05, 4.69) is 0 Å². The van der Waals surface area contributed by atoms with Crippen molar-refractivity contribution in [3.8, 4) is 0 Å². The lowest BCUT2D eigenvalue weighted by Gasteiger charge is -1.86. The highest BCUT2D eigenvalue weighted by Crippen LogP contribution is 2.27. The lowest BCUT2D eigenvalue weighted by Crippen LogP contribution is -1.62. The van der Waals surface area contributed by atoms with Crippen molar-refractivity contribution in [1.82, 2.24) is 0 Å². The average molecular weight is 238 g/mol. The quantitative estimate of drug-likeness (QED) is 0.537. The summed E-state index contributed by atoms with van der Waals surface area (Å²) in [6.07, 6.45) is 0. The SMILES string of the molecule is CP(C)(=O)O.C[P+](=O)O.O=[PH+]O. The van der Waals surface area contributed by atoms with E-state index < -0.39 is 24.1 Å². The molecule has 6 nitrogen and oxygen atoms in total. The highest BCUT2D eigenvalue weighted by molar-refractivity contribution is 7.56. The average Bonchev–Trinajstić information content (AvgIpc) is 1.56. The van der Waals surface area contributed by atoms with E-state index in [9.17, 15) is 4.57 Å². The second-order valence-electron chi connectivity index (χ2n) is 1.85. The lowest BCUT2D eigenvalue weighted by atomic mass is 11.9. The molecule has 3 N–H and O–H groups in total. The molecule has 0 bridgehead atoms. The van der Waals surface area contributed by atoms with E-state index in [0.29, 0.717) is 0 Å². The molecular formula is C3H13O6P3+2. The first-order valence-electron chi connectivity index (χ1n) is 2.53. The first-order valence-corrected chi connectivity index (χ1v) is 7.60. The maximum absolute atomic E-state index is 9.77. The third kappa shape index (κ3) is 9300. The van der Waals surface area contributed by atoms with E-state index in [1.54, 1.807) is 0 Å². The highest BCUT2D eigenvalue weighted by atomic mass is 31.2. The van der Waals surface area contributed by atoms with Crippen molar-refractivity contribution in [2.75, 3.05) is 20.0 Å². The Hall–Kier alpha value is 0.310. The van der Waals surface area contributed by atoms with Gasteiger partial charge in [-0.3, -0.25) is 4.57 Å². The van der Waals surface area contributed by atoms with E-state index in [1.165, 1.54) is 20.0 Å². The van der Waals surface area contributed by atoms with E-state index in [4.69, 9.17) is 23.8 Å². The van der Waals surface area contributed by atoms with Gasteiger partial charge in [-0.1, -0.05) is 0 Å². The van der Waals surface area contributed by atoms with Crippen molar-refractivity contribution >= 4 is 24.1 Å². The molecule has 0 spiro atoms. The summed E-state index contributed by atoms with van der Waals surface area (Å²) in [4.78, 5) is 22.7. The normalized spacial score (nSPS) is 10.3. The zero-order valence-corrected chi connectivity index (χ0v) is 9.75. The molecule has 2 unspecified atom stereocenters. The largest absolute Gasteiger partial charge is 0.502 e. The van der Waals surface area contributed by atoms with E-state index in [0.717, 1.165) is 0 Å². The third-order valence-corrected chi connectivity index (χ3v) is 0. The Labute approximate surface area is 73.2 Å². The standard InChI is InChI=1S/C2H7O2P.CH3O2P.HO2P/c1-5(2,3)4;1-4(2)3;1-3-2/h1-2H3,(H,3,4);1H3;3H/p+2. The van der Waals surface area contributed by atoms with Crippen LogP contribution in [0.2, 0.25) is 0 Å². The van der Waals surface area contributed by atoms with Crippen LogP contribution in [0.3, 0.4) is 0 Å². The van der Waals surface area contributed by atoms with Crippen LogP contribution in [0, 0.1) is 0 Å². The molecule has 0 saturated heterocycles. The second kappa shape index (κ2) is 11.3. The van der Waals surface area contributed by atoms with Gasteiger partial charge in [0.05, 0.1) is 0 Å². The molecule has 12 heavy (non-hydrogen) atoms. The summed E-state index contributed by atoms with van der Waals surface area (Å²) >= 11 is 0. The third-order valence-electron chi connectivity index (χ3n) is 0. The molecule has 0 aliphatic carbocycles. The summed E-state index contributed by atoms with van der Waals surface area (Å²) in [5, 5.41) is 0. The van der Waals surface area contributed by atoms with Crippen LogP contribution in [0.4, 0.5) is 0 Å². The minimum atomic E-state index is -2.64. The fourth-order valence-corrected chi connectivity index (χ4v) is 0.